The van der Waals surface area contributed by atoms with Crippen molar-refractivity contribution >= 4 is 11.9 Å². The van der Waals surface area contributed by atoms with Crippen LogP contribution < -0.4 is 10.1 Å². The van der Waals surface area contributed by atoms with Gasteiger partial charge in [0.05, 0.1) is 25.3 Å². The zero-order chi connectivity index (χ0) is 19.6. The van der Waals surface area contributed by atoms with E-state index in [-0.39, 0.29) is 18.6 Å². The third kappa shape index (κ3) is 6.11. The molecule has 2 aromatic rings. The monoisotopic (exact) mass is 371 g/mol. The van der Waals surface area contributed by atoms with Crippen LogP contribution in [0.5, 0.6) is 5.75 Å². The van der Waals surface area contributed by atoms with Crippen LogP contribution in [0.25, 0.3) is 0 Å². The molecule has 0 fully saturated rings. The summed E-state index contributed by atoms with van der Waals surface area (Å²) in [5.74, 6) is -0.296. The lowest BCUT2D eigenvalue weighted by Crippen LogP contribution is -2.31. The Balaban J connectivity index is 1.92. The highest BCUT2D eigenvalue weighted by Crippen LogP contribution is 2.21. The van der Waals surface area contributed by atoms with Gasteiger partial charge in [0.25, 0.3) is 5.91 Å². The maximum atomic E-state index is 12.2. The molecule has 6 nitrogen and oxygen atoms in total. The second kappa shape index (κ2) is 10.3. The van der Waals surface area contributed by atoms with E-state index in [2.05, 4.69) is 5.32 Å². The van der Waals surface area contributed by atoms with Crippen LogP contribution in [0, 0.1) is 0 Å². The minimum absolute atomic E-state index is 0.170. The Morgan fingerprint density at radius 2 is 1.85 bits per heavy atom. The fraction of sp³-hybridized carbons (Fsp3) is 0.333. The minimum Gasteiger partial charge on any atom is -0.496 e. The van der Waals surface area contributed by atoms with Gasteiger partial charge in [-0.1, -0.05) is 30.3 Å². The first kappa shape index (κ1) is 20.5. The summed E-state index contributed by atoms with van der Waals surface area (Å²) in [5.41, 5.74) is 2.07. The molecule has 0 aliphatic heterocycles. The molecule has 27 heavy (non-hydrogen) atoms. The number of amides is 1. The van der Waals surface area contributed by atoms with Crippen LogP contribution in [-0.4, -0.2) is 32.2 Å². The summed E-state index contributed by atoms with van der Waals surface area (Å²) in [6.45, 7) is 4.30. The van der Waals surface area contributed by atoms with Crippen molar-refractivity contribution in [2.24, 2.45) is 0 Å². The lowest BCUT2D eigenvalue weighted by atomic mass is 10.1. The third-order valence-electron chi connectivity index (χ3n) is 3.99. The van der Waals surface area contributed by atoms with Crippen LogP contribution in [0.3, 0.4) is 0 Å². The molecule has 0 saturated carbocycles. The first-order valence-corrected chi connectivity index (χ1v) is 8.81. The molecule has 0 aliphatic carbocycles. The number of ether oxygens (including phenoxy) is 3. The highest BCUT2D eigenvalue weighted by Gasteiger charge is 2.15. The first-order valence-electron chi connectivity index (χ1n) is 8.81. The average Bonchev–Trinajstić information content (AvgIpc) is 2.70. The fourth-order valence-electron chi connectivity index (χ4n) is 2.55. The Morgan fingerprint density at radius 3 is 2.52 bits per heavy atom. The first-order chi connectivity index (χ1) is 13.0. The van der Waals surface area contributed by atoms with Crippen molar-refractivity contribution in [3.63, 3.8) is 0 Å². The van der Waals surface area contributed by atoms with Crippen LogP contribution in [0.4, 0.5) is 0 Å². The summed E-state index contributed by atoms with van der Waals surface area (Å²) >= 11 is 0. The number of esters is 1. The Kier molecular flexibility index (Phi) is 7.82. The molecular formula is C21H25NO5. The van der Waals surface area contributed by atoms with Crippen molar-refractivity contribution in [2.45, 2.75) is 26.5 Å². The lowest BCUT2D eigenvalue weighted by Gasteiger charge is -2.14. The zero-order valence-electron chi connectivity index (χ0n) is 15.9. The van der Waals surface area contributed by atoms with Crippen molar-refractivity contribution in [3.8, 4) is 5.75 Å². The van der Waals surface area contributed by atoms with Crippen molar-refractivity contribution in [2.75, 3.05) is 20.3 Å². The van der Waals surface area contributed by atoms with E-state index in [1.807, 2.05) is 44.2 Å². The molecule has 144 valence electrons. The van der Waals surface area contributed by atoms with E-state index in [1.54, 1.807) is 25.3 Å². The van der Waals surface area contributed by atoms with Gasteiger partial charge in [0.1, 0.15) is 5.75 Å². The standard InChI is InChI=1S/C21H25NO5/c1-4-26-13-18-12-17(10-11-19(18)25-3)21(24)27-14-20(23)22-15(2)16-8-6-5-7-9-16/h5-12,15H,4,13-14H2,1-3H3,(H,22,23)/t15-/m0/s1. The molecule has 0 saturated heterocycles. The molecule has 0 aliphatic rings. The molecule has 6 heteroatoms. The molecule has 0 heterocycles. The summed E-state index contributed by atoms with van der Waals surface area (Å²) < 4.78 is 15.8. The minimum atomic E-state index is -0.571. The molecular weight excluding hydrogens is 346 g/mol. The SMILES string of the molecule is CCOCc1cc(C(=O)OCC(=O)N[C@@H](C)c2ccccc2)ccc1OC. The topological polar surface area (TPSA) is 73.9 Å². The van der Waals surface area contributed by atoms with E-state index in [0.717, 1.165) is 11.1 Å². The smallest absolute Gasteiger partial charge is 0.338 e. The van der Waals surface area contributed by atoms with Crippen LogP contribution in [0.1, 0.15) is 41.4 Å². The molecule has 0 spiro atoms. The van der Waals surface area contributed by atoms with Crippen LogP contribution >= 0.6 is 0 Å². The van der Waals surface area contributed by atoms with E-state index in [1.165, 1.54) is 0 Å². The Hall–Kier alpha value is -2.86. The summed E-state index contributed by atoms with van der Waals surface area (Å²) in [5, 5.41) is 2.80. The van der Waals surface area contributed by atoms with E-state index >= 15 is 0 Å². The summed E-state index contributed by atoms with van der Waals surface area (Å²) in [6.07, 6.45) is 0. The summed E-state index contributed by atoms with van der Waals surface area (Å²) in [6, 6.07) is 14.3. The van der Waals surface area contributed by atoms with Crippen molar-refractivity contribution in [1.82, 2.24) is 5.32 Å². The number of hydrogen-bond acceptors (Lipinski definition) is 5. The van der Waals surface area contributed by atoms with Crippen molar-refractivity contribution in [3.05, 3.63) is 65.2 Å². The van der Waals surface area contributed by atoms with Crippen LogP contribution in [-0.2, 0) is 20.9 Å². The van der Waals surface area contributed by atoms with Gasteiger partial charge in [0, 0.05) is 12.2 Å². The maximum Gasteiger partial charge on any atom is 0.338 e. The number of benzene rings is 2. The van der Waals surface area contributed by atoms with Gasteiger partial charge in [-0.15, -0.1) is 0 Å². The van der Waals surface area contributed by atoms with Gasteiger partial charge in [0.2, 0.25) is 0 Å². The Morgan fingerprint density at radius 1 is 1.11 bits per heavy atom. The normalized spacial score (nSPS) is 11.5. The lowest BCUT2D eigenvalue weighted by molar-refractivity contribution is -0.124. The van der Waals surface area contributed by atoms with Crippen molar-refractivity contribution < 1.29 is 23.8 Å². The third-order valence-corrected chi connectivity index (χ3v) is 3.99. The highest BCUT2D eigenvalue weighted by atomic mass is 16.5. The number of nitrogens with one attached hydrogen (secondary N) is 1. The molecule has 2 rings (SSSR count). The van der Waals surface area contributed by atoms with Gasteiger partial charge in [-0.2, -0.15) is 0 Å². The summed E-state index contributed by atoms with van der Waals surface area (Å²) in [4.78, 5) is 24.3. The average molecular weight is 371 g/mol. The molecule has 1 amide bonds. The number of hydrogen-bond donors (Lipinski definition) is 1. The summed E-state index contributed by atoms with van der Waals surface area (Å²) in [7, 11) is 1.56. The second-order valence-electron chi connectivity index (χ2n) is 5.94. The van der Waals surface area contributed by atoms with Crippen molar-refractivity contribution in [1.29, 1.82) is 0 Å². The predicted octanol–water partition coefficient (Wildman–Crippen LogP) is 3.27. The van der Waals surface area contributed by atoms with Gasteiger partial charge in [-0.25, -0.2) is 4.79 Å². The van der Waals surface area contributed by atoms with Gasteiger partial charge < -0.3 is 19.5 Å². The quantitative estimate of drug-likeness (QED) is 0.685. The highest BCUT2D eigenvalue weighted by molar-refractivity contribution is 5.91. The van der Waals surface area contributed by atoms with Gasteiger partial charge >= 0.3 is 5.97 Å². The number of carbonyl (C=O) groups is 2. The van der Waals surface area contributed by atoms with Gasteiger partial charge in [-0.3, -0.25) is 4.79 Å². The number of carbonyl (C=O) groups excluding carboxylic acids is 2. The van der Waals surface area contributed by atoms with Gasteiger partial charge in [0.15, 0.2) is 6.61 Å². The van der Waals surface area contributed by atoms with E-state index in [4.69, 9.17) is 14.2 Å². The molecule has 0 bridgehead atoms. The Bertz CT molecular complexity index is 760. The molecule has 1 N–H and O–H groups in total. The fourth-order valence-corrected chi connectivity index (χ4v) is 2.55. The van der Waals surface area contributed by atoms with Gasteiger partial charge in [-0.05, 0) is 37.6 Å². The molecule has 2 aromatic carbocycles. The molecule has 0 unspecified atom stereocenters. The molecule has 1 atom stereocenters. The zero-order valence-corrected chi connectivity index (χ0v) is 15.9. The maximum absolute atomic E-state index is 12.2. The van der Waals surface area contributed by atoms with Crippen LogP contribution in [0.2, 0.25) is 0 Å². The van der Waals surface area contributed by atoms with E-state index in [9.17, 15) is 9.59 Å². The Labute approximate surface area is 159 Å². The van der Waals surface area contributed by atoms with E-state index in [0.29, 0.717) is 24.5 Å². The van der Waals surface area contributed by atoms with Crippen LogP contribution in [0.15, 0.2) is 48.5 Å². The predicted molar refractivity (Wildman–Crippen MR) is 102 cm³/mol. The van der Waals surface area contributed by atoms with E-state index < -0.39 is 5.97 Å². The largest absolute Gasteiger partial charge is 0.496 e. The second-order valence-corrected chi connectivity index (χ2v) is 5.94. The number of rotatable bonds is 9. The molecule has 0 radical (unpaired) electrons. The molecule has 0 aromatic heterocycles. The number of methoxy groups -OCH3 is 1.